The SMILES string of the molecule is CN(Cc1cnn(C)c1)C(=O)c1ccc(Cl)cc1Cl. The van der Waals surface area contributed by atoms with E-state index in [1.165, 1.54) is 0 Å². The van der Waals surface area contributed by atoms with Crippen LogP contribution in [-0.4, -0.2) is 27.6 Å². The highest BCUT2D eigenvalue weighted by molar-refractivity contribution is 6.36. The van der Waals surface area contributed by atoms with E-state index in [0.29, 0.717) is 22.2 Å². The molecule has 1 heterocycles. The summed E-state index contributed by atoms with van der Waals surface area (Å²) >= 11 is 11.8. The Balaban J connectivity index is 2.14. The third-order valence-electron chi connectivity index (χ3n) is 2.69. The van der Waals surface area contributed by atoms with Crippen LogP contribution >= 0.6 is 23.2 Å². The molecule has 19 heavy (non-hydrogen) atoms. The fourth-order valence-corrected chi connectivity index (χ4v) is 2.26. The standard InChI is InChI=1S/C13H13Cl2N3O/c1-17(7-9-6-16-18(2)8-9)13(19)11-4-3-10(14)5-12(11)15/h3-6,8H,7H2,1-2H3. The van der Waals surface area contributed by atoms with Crippen LogP contribution < -0.4 is 0 Å². The Morgan fingerprint density at radius 2 is 2.16 bits per heavy atom. The van der Waals surface area contributed by atoms with Gasteiger partial charge in [-0.3, -0.25) is 9.48 Å². The maximum Gasteiger partial charge on any atom is 0.255 e. The van der Waals surface area contributed by atoms with Crippen LogP contribution in [0.15, 0.2) is 30.6 Å². The Hall–Kier alpha value is -1.52. The molecule has 0 atom stereocenters. The van der Waals surface area contributed by atoms with Crippen molar-refractivity contribution in [2.24, 2.45) is 7.05 Å². The van der Waals surface area contributed by atoms with E-state index in [2.05, 4.69) is 5.10 Å². The van der Waals surface area contributed by atoms with Crippen molar-refractivity contribution < 1.29 is 4.79 Å². The lowest BCUT2D eigenvalue weighted by atomic mass is 10.2. The van der Waals surface area contributed by atoms with E-state index < -0.39 is 0 Å². The van der Waals surface area contributed by atoms with Gasteiger partial charge in [-0.25, -0.2) is 0 Å². The number of carbonyl (C=O) groups is 1. The van der Waals surface area contributed by atoms with E-state index in [-0.39, 0.29) is 5.91 Å². The molecule has 0 spiro atoms. The number of benzene rings is 1. The van der Waals surface area contributed by atoms with Crippen LogP contribution in [0.2, 0.25) is 10.0 Å². The Morgan fingerprint density at radius 3 is 2.74 bits per heavy atom. The predicted molar refractivity (Wildman–Crippen MR) is 75.5 cm³/mol. The molecule has 0 bridgehead atoms. The van der Waals surface area contributed by atoms with E-state index in [4.69, 9.17) is 23.2 Å². The van der Waals surface area contributed by atoms with Gasteiger partial charge in [-0.2, -0.15) is 5.10 Å². The van der Waals surface area contributed by atoms with Gasteiger partial charge in [-0.05, 0) is 18.2 Å². The van der Waals surface area contributed by atoms with Gasteiger partial charge in [0.15, 0.2) is 0 Å². The maximum absolute atomic E-state index is 12.3. The first-order valence-corrected chi connectivity index (χ1v) is 6.41. The highest BCUT2D eigenvalue weighted by atomic mass is 35.5. The molecule has 4 nitrogen and oxygen atoms in total. The summed E-state index contributed by atoms with van der Waals surface area (Å²) < 4.78 is 1.70. The first-order valence-electron chi connectivity index (χ1n) is 5.65. The highest BCUT2D eigenvalue weighted by Crippen LogP contribution is 2.22. The molecular weight excluding hydrogens is 285 g/mol. The fourth-order valence-electron chi connectivity index (χ4n) is 1.77. The van der Waals surface area contributed by atoms with Gasteiger partial charge in [-0.1, -0.05) is 23.2 Å². The van der Waals surface area contributed by atoms with E-state index in [1.54, 1.807) is 41.0 Å². The molecule has 0 radical (unpaired) electrons. The Morgan fingerprint density at radius 1 is 1.42 bits per heavy atom. The van der Waals surface area contributed by atoms with Crippen molar-refractivity contribution in [1.82, 2.24) is 14.7 Å². The summed E-state index contributed by atoms with van der Waals surface area (Å²) in [6, 6.07) is 4.85. The summed E-state index contributed by atoms with van der Waals surface area (Å²) in [6.45, 7) is 0.478. The number of carbonyl (C=O) groups excluding carboxylic acids is 1. The number of amides is 1. The molecule has 0 saturated heterocycles. The number of hydrogen-bond donors (Lipinski definition) is 0. The van der Waals surface area contributed by atoms with Crippen LogP contribution in [0.4, 0.5) is 0 Å². The quantitative estimate of drug-likeness (QED) is 0.873. The summed E-state index contributed by atoms with van der Waals surface area (Å²) in [7, 11) is 3.56. The number of halogens is 2. The first kappa shape index (κ1) is 13.9. The molecule has 0 N–H and O–H groups in total. The predicted octanol–water partition coefficient (Wildman–Crippen LogP) is 3.00. The Labute approximate surface area is 121 Å². The summed E-state index contributed by atoms with van der Waals surface area (Å²) in [4.78, 5) is 13.8. The third-order valence-corrected chi connectivity index (χ3v) is 3.23. The second-order valence-electron chi connectivity index (χ2n) is 4.31. The van der Waals surface area contributed by atoms with Crippen LogP contribution in [0.25, 0.3) is 0 Å². The normalized spacial score (nSPS) is 10.5. The summed E-state index contributed by atoms with van der Waals surface area (Å²) in [5.74, 6) is -0.148. The van der Waals surface area contributed by atoms with Gasteiger partial charge >= 0.3 is 0 Å². The van der Waals surface area contributed by atoms with Gasteiger partial charge in [0.1, 0.15) is 0 Å². The van der Waals surface area contributed by atoms with Crippen molar-refractivity contribution in [3.05, 3.63) is 51.8 Å². The topological polar surface area (TPSA) is 38.1 Å². The minimum absolute atomic E-state index is 0.148. The molecule has 0 aliphatic heterocycles. The van der Waals surface area contributed by atoms with E-state index in [0.717, 1.165) is 5.56 Å². The zero-order valence-electron chi connectivity index (χ0n) is 10.6. The van der Waals surface area contributed by atoms with Crippen LogP contribution in [0, 0.1) is 0 Å². The van der Waals surface area contributed by atoms with Crippen LogP contribution in [0.1, 0.15) is 15.9 Å². The van der Waals surface area contributed by atoms with Crippen LogP contribution in [0.3, 0.4) is 0 Å². The molecule has 2 aromatic rings. The van der Waals surface area contributed by atoms with Gasteiger partial charge < -0.3 is 4.90 Å². The van der Waals surface area contributed by atoms with Crippen molar-refractivity contribution in [2.45, 2.75) is 6.54 Å². The Kier molecular flexibility index (Phi) is 4.12. The van der Waals surface area contributed by atoms with Gasteiger partial charge in [-0.15, -0.1) is 0 Å². The van der Waals surface area contributed by atoms with Crippen molar-refractivity contribution in [3.8, 4) is 0 Å². The highest BCUT2D eigenvalue weighted by Gasteiger charge is 2.16. The molecule has 6 heteroatoms. The molecule has 0 aliphatic rings. The van der Waals surface area contributed by atoms with Gasteiger partial charge in [0.05, 0.1) is 16.8 Å². The lowest BCUT2D eigenvalue weighted by molar-refractivity contribution is 0.0785. The van der Waals surface area contributed by atoms with Crippen LogP contribution in [-0.2, 0) is 13.6 Å². The van der Waals surface area contributed by atoms with Gasteiger partial charge in [0.25, 0.3) is 5.91 Å². The minimum atomic E-state index is -0.148. The molecule has 0 unspecified atom stereocenters. The molecule has 0 aliphatic carbocycles. The average Bonchev–Trinajstić information content (AvgIpc) is 2.74. The molecule has 1 amide bonds. The molecule has 1 aromatic carbocycles. The molecule has 2 rings (SSSR count). The first-order chi connectivity index (χ1) is 8.97. The van der Waals surface area contributed by atoms with Crippen molar-refractivity contribution in [2.75, 3.05) is 7.05 Å². The number of hydrogen-bond acceptors (Lipinski definition) is 2. The maximum atomic E-state index is 12.3. The number of aromatic nitrogens is 2. The summed E-state index contributed by atoms with van der Waals surface area (Å²) in [5.41, 5.74) is 1.40. The number of aryl methyl sites for hydroxylation is 1. The van der Waals surface area contributed by atoms with Crippen molar-refractivity contribution in [3.63, 3.8) is 0 Å². The van der Waals surface area contributed by atoms with Crippen molar-refractivity contribution >= 4 is 29.1 Å². The smallest absolute Gasteiger partial charge is 0.255 e. The zero-order valence-corrected chi connectivity index (χ0v) is 12.1. The number of rotatable bonds is 3. The van der Waals surface area contributed by atoms with Crippen LogP contribution in [0.5, 0.6) is 0 Å². The number of nitrogens with zero attached hydrogens (tertiary/aromatic N) is 3. The minimum Gasteiger partial charge on any atom is -0.337 e. The zero-order chi connectivity index (χ0) is 14.0. The molecule has 0 saturated carbocycles. The summed E-state index contributed by atoms with van der Waals surface area (Å²) in [5, 5.41) is 4.93. The van der Waals surface area contributed by atoms with Crippen molar-refractivity contribution in [1.29, 1.82) is 0 Å². The largest absolute Gasteiger partial charge is 0.337 e. The molecule has 100 valence electrons. The Bertz CT molecular complexity index is 610. The van der Waals surface area contributed by atoms with Gasteiger partial charge in [0.2, 0.25) is 0 Å². The van der Waals surface area contributed by atoms with E-state index in [9.17, 15) is 4.79 Å². The average molecular weight is 298 g/mol. The molecule has 1 aromatic heterocycles. The van der Waals surface area contributed by atoms with Gasteiger partial charge in [0, 0.05) is 37.4 Å². The lowest BCUT2D eigenvalue weighted by Gasteiger charge is -2.17. The second-order valence-corrected chi connectivity index (χ2v) is 5.15. The third kappa shape index (κ3) is 3.28. The fraction of sp³-hybridized carbons (Fsp3) is 0.231. The lowest BCUT2D eigenvalue weighted by Crippen LogP contribution is -2.26. The van der Waals surface area contributed by atoms with E-state index in [1.807, 2.05) is 13.2 Å². The summed E-state index contributed by atoms with van der Waals surface area (Å²) in [6.07, 6.45) is 3.60. The van der Waals surface area contributed by atoms with E-state index >= 15 is 0 Å². The monoisotopic (exact) mass is 297 g/mol. The molecular formula is C13H13Cl2N3O. The molecule has 0 fully saturated rings. The second kappa shape index (κ2) is 5.63.